The summed E-state index contributed by atoms with van der Waals surface area (Å²) in [5.74, 6) is -10.4. The van der Waals surface area contributed by atoms with E-state index in [1.54, 1.807) is 44.3 Å². The molecule has 0 saturated carbocycles. The summed E-state index contributed by atoms with van der Waals surface area (Å²) in [6.07, 6.45) is -5.83. The van der Waals surface area contributed by atoms with Crippen LogP contribution in [0, 0.1) is 16.7 Å². The molecule has 0 fully saturated rings. The van der Waals surface area contributed by atoms with Crippen molar-refractivity contribution in [1.82, 2.24) is 95.4 Å². The molecule has 24 N–H and O–H groups in total. The van der Waals surface area contributed by atoms with Gasteiger partial charge in [0, 0.05) is 44.2 Å². The standard InChI is InChI=1S/C56H90N22O15/c1-28(2)19-37(26-83)72-46(54(93)76-41(49(88)61-8)70-35(24-81)13-11-17-62-55(57)58)78-52(91)43(66-30(4)23-80)75-48(87)31(5)67-50(89)42(65-29(3)22-79)74-47(86)32(6)68-51(90)45(73-38(27-84)20-34-21-64-40-16-10-9-15-39(34)40)77-53(92)44(69-33(7)85)71-36(25-82)14-12-18-63-56(59)60/h9-10,15-16,21-32,35-38,41-46,64-66,70-73H,11-14,17-20H2,1-8H3,(H,61,88)(H,67,89)(H,68,90)(H,69,85)(H,74,86)(H,75,87)(H,76,93)(H,77,92)(H,78,91)(H4,57,58,62)(H4,59,60,63)/t29-,30-,31-,32-,35+,36+,37+,38+,41+,42+,43+,44-,45+,46+/m0/s1. The molecule has 0 saturated heterocycles. The van der Waals surface area contributed by atoms with Crippen LogP contribution in [-0.2, 0) is 78.3 Å². The lowest BCUT2D eigenvalue weighted by Gasteiger charge is -2.30. The fourth-order valence-corrected chi connectivity index (χ4v) is 8.67. The Morgan fingerprint density at radius 3 is 1.23 bits per heavy atom. The van der Waals surface area contributed by atoms with E-state index >= 15 is 0 Å². The van der Waals surface area contributed by atoms with Crippen molar-refractivity contribution < 1.29 is 71.9 Å². The maximum atomic E-state index is 14.3. The highest BCUT2D eigenvalue weighted by molar-refractivity contribution is 5.98. The number of carbonyl (C=O) groups excluding carboxylic acids is 15. The summed E-state index contributed by atoms with van der Waals surface area (Å²) in [6.45, 7) is 9.86. The Balaban J connectivity index is 2.46. The van der Waals surface area contributed by atoms with Crippen molar-refractivity contribution >= 4 is 114 Å². The summed E-state index contributed by atoms with van der Waals surface area (Å²) >= 11 is 0. The molecule has 1 aromatic heterocycles. The van der Waals surface area contributed by atoms with Gasteiger partial charge in [0.1, 0.15) is 49.8 Å². The Hall–Kier alpha value is -9.69. The third-order valence-electron chi connectivity index (χ3n) is 13.4. The van der Waals surface area contributed by atoms with E-state index in [1.165, 1.54) is 20.9 Å². The molecule has 514 valence electrons. The first-order valence-corrected chi connectivity index (χ1v) is 29.6. The van der Waals surface area contributed by atoms with Gasteiger partial charge in [-0.15, -0.1) is 0 Å². The number of aromatic nitrogens is 1. The number of benzene rings is 1. The average Bonchev–Trinajstić information content (AvgIpc) is 1.81. The summed E-state index contributed by atoms with van der Waals surface area (Å²) in [6, 6.07) is -2.94. The van der Waals surface area contributed by atoms with Crippen molar-refractivity contribution in [2.75, 3.05) is 20.1 Å². The van der Waals surface area contributed by atoms with Gasteiger partial charge in [-0.05, 0) is 83.8 Å². The number of nitrogens with one attached hydrogen (secondary N) is 20. The molecule has 1 heterocycles. The van der Waals surface area contributed by atoms with Gasteiger partial charge < -0.3 is 104 Å². The Labute approximate surface area is 536 Å². The van der Waals surface area contributed by atoms with Crippen LogP contribution in [0.2, 0.25) is 0 Å². The van der Waals surface area contributed by atoms with Crippen LogP contribution in [0.5, 0.6) is 0 Å². The van der Waals surface area contributed by atoms with Crippen LogP contribution in [0.4, 0.5) is 0 Å². The van der Waals surface area contributed by atoms with E-state index in [1.807, 2.05) is 0 Å². The fraction of sp³-hybridized carbons (Fsp3) is 0.554. The smallest absolute Gasteiger partial charge is 0.259 e. The van der Waals surface area contributed by atoms with Gasteiger partial charge in [-0.25, -0.2) is 0 Å². The van der Waals surface area contributed by atoms with Crippen LogP contribution in [0.3, 0.4) is 0 Å². The Morgan fingerprint density at radius 2 is 0.839 bits per heavy atom. The number of nitrogens with two attached hydrogens (primary N) is 2. The quantitative estimate of drug-likeness (QED) is 0.00962. The first kappa shape index (κ1) is 79.4. The van der Waals surface area contributed by atoms with E-state index < -0.39 is 138 Å². The van der Waals surface area contributed by atoms with Crippen molar-refractivity contribution in [3.05, 3.63) is 36.0 Å². The number of carbonyl (C=O) groups is 15. The number of fused-ring (bicyclic) bond motifs is 1. The van der Waals surface area contributed by atoms with Crippen molar-refractivity contribution in [2.45, 2.75) is 172 Å². The van der Waals surface area contributed by atoms with Crippen LogP contribution in [0.15, 0.2) is 30.5 Å². The van der Waals surface area contributed by atoms with Crippen molar-refractivity contribution in [1.29, 1.82) is 10.8 Å². The number of H-pyrrole nitrogens is 1. The van der Waals surface area contributed by atoms with Crippen molar-refractivity contribution in [2.24, 2.45) is 17.4 Å². The summed E-state index contributed by atoms with van der Waals surface area (Å²) in [5.41, 5.74) is 12.0. The second-order valence-corrected chi connectivity index (χ2v) is 21.9. The third kappa shape index (κ3) is 29.4. The highest BCUT2D eigenvalue weighted by atomic mass is 16.2. The number of aldehydes is 6. The van der Waals surface area contributed by atoms with Gasteiger partial charge in [0.15, 0.2) is 48.9 Å². The second kappa shape index (κ2) is 41.6. The molecule has 0 aliphatic rings. The van der Waals surface area contributed by atoms with E-state index in [0.717, 1.165) is 31.7 Å². The van der Waals surface area contributed by atoms with Gasteiger partial charge in [-0.3, -0.25) is 85.9 Å². The third-order valence-corrected chi connectivity index (χ3v) is 13.4. The molecule has 93 heavy (non-hydrogen) atoms. The molecule has 0 bridgehead atoms. The van der Waals surface area contributed by atoms with Crippen molar-refractivity contribution in [3.63, 3.8) is 0 Å². The molecule has 2 aromatic rings. The zero-order valence-corrected chi connectivity index (χ0v) is 52.9. The predicted octanol–water partition coefficient (Wildman–Crippen LogP) is -8.31. The van der Waals surface area contributed by atoms with Gasteiger partial charge in [0.2, 0.25) is 17.7 Å². The first-order valence-electron chi connectivity index (χ1n) is 29.6. The van der Waals surface area contributed by atoms with Gasteiger partial charge in [-0.1, -0.05) is 32.0 Å². The van der Waals surface area contributed by atoms with Gasteiger partial charge in [0.25, 0.3) is 35.4 Å². The van der Waals surface area contributed by atoms with Gasteiger partial charge in [0.05, 0.1) is 36.3 Å². The molecular formula is C56H90N22O15. The van der Waals surface area contributed by atoms with E-state index in [9.17, 15) is 71.9 Å². The summed E-state index contributed by atoms with van der Waals surface area (Å²) < 4.78 is 0. The average molecular weight is 1310 g/mol. The molecular weight excluding hydrogens is 1220 g/mol. The zero-order chi connectivity index (χ0) is 69.9. The molecule has 0 unspecified atom stereocenters. The van der Waals surface area contributed by atoms with Gasteiger partial charge in [-0.2, -0.15) is 0 Å². The van der Waals surface area contributed by atoms with Gasteiger partial charge >= 0.3 is 0 Å². The van der Waals surface area contributed by atoms with Crippen LogP contribution >= 0.6 is 0 Å². The molecule has 0 radical (unpaired) electrons. The lowest BCUT2D eigenvalue weighted by Crippen LogP contribution is -2.68. The maximum absolute atomic E-state index is 14.3. The van der Waals surface area contributed by atoms with Crippen LogP contribution in [0.1, 0.15) is 86.1 Å². The molecule has 37 heteroatoms. The first-order chi connectivity index (χ1) is 44.0. The number of hydrogen-bond acceptors (Lipinski definition) is 23. The fourth-order valence-electron chi connectivity index (χ4n) is 8.67. The minimum atomic E-state index is -1.91. The van der Waals surface area contributed by atoms with E-state index in [2.05, 4.69) is 95.4 Å². The van der Waals surface area contributed by atoms with E-state index in [4.69, 9.17) is 22.3 Å². The molecule has 1 aromatic carbocycles. The van der Waals surface area contributed by atoms with Crippen molar-refractivity contribution in [3.8, 4) is 0 Å². The monoisotopic (exact) mass is 1310 g/mol. The Morgan fingerprint density at radius 1 is 0.473 bits per heavy atom. The van der Waals surface area contributed by atoms with E-state index in [-0.39, 0.29) is 69.5 Å². The predicted molar refractivity (Wildman–Crippen MR) is 336 cm³/mol. The number of amides is 9. The largest absolute Gasteiger partial charge is 0.370 e. The number of likely N-dealkylation sites (N-methyl/N-ethyl adjacent to an activating group) is 1. The van der Waals surface area contributed by atoms with E-state index in [0.29, 0.717) is 43.3 Å². The second-order valence-electron chi connectivity index (χ2n) is 21.9. The Bertz CT molecular complexity index is 2910. The minimum absolute atomic E-state index is 0.0523. The molecule has 0 spiro atoms. The molecule has 14 atom stereocenters. The lowest BCUT2D eigenvalue weighted by molar-refractivity contribution is -0.137. The number of para-hydroxylation sites is 1. The number of rotatable bonds is 46. The molecule has 37 nitrogen and oxygen atoms in total. The summed E-state index contributed by atoms with van der Waals surface area (Å²) in [4.78, 5) is 200. The lowest BCUT2D eigenvalue weighted by atomic mass is 10.0. The highest BCUT2D eigenvalue weighted by Gasteiger charge is 2.36. The minimum Gasteiger partial charge on any atom is -0.370 e. The molecule has 9 amide bonds. The van der Waals surface area contributed by atoms with Crippen LogP contribution in [0.25, 0.3) is 10.9 Å². The number of aromatic amines is 1. The number of hydrogen-bond donors (Lipinski definition) is 22. The zero-order valence-electron chi connectivity index (χ0n) is 52.9. The molecule has 2 rings (SSSR count). The summed E-state index contributed by atoms with van der Waals surface area (Å²) in [7, 11) is 1.24. The van der Waals surface area contributed by atoms with Crippen LogP contribution < -0.4 is 102 Å². The van der Waals surface area contributed by atoms with Crippen LogP contribution in [-0.4, -0.2) is 213 Å². The number of guanidine groups is 2. The molecule has 0 aliphatic carbocycles. The topological polar surface area (TPSA) is 576 Å². The Kier molecular flexibility index (Phi) is 35.6. The summed E-state index contributed by atoms with van der Waals surface area (Å²) in [5, 5.41) is 57.6. The highest BCUT2D eigenvalue weighted by Crippen LogP contribution is 2.19. The molecule has 0 aliphatic heterocycles. The maximum Gasteiger partial charge on any atom is 0.259 e. The SMILES string of the molecule is CNC(=O)[C@@H](NC(=O)[C@@H](NC(=O)[C@@H](NC(=O)[C@H](C)NC(=O)[C@@H](NC(=O)[C@H](C)NC(=O)[C@@H](NC(=O)[C@@H](NC(C)=O)N[C@@H](C=O)CCCNC(=N)N)N[C@@H](C=O)Cc1c[nH]c2ccccc12)N[C@@H](C)C=O)N[C@@H](C)C=O)N[C@@H](C=O)CC(C)C)N[C@@H](C=O)CCCNC(=N)N. The normalized spacial score (nSPS) is 15.6.